The number of aryl methyl sites for hydroxylation is 1. The quantitative estimate of drug-likeness (QED) is 0.656. The molecule has 0 bridgehead atoms. The number of nitrogens with two attached hydrogens (primary N) is 1. The van der Waals surface area contributed by atoms with Crippen molar-refractivity contribution in [1.82, 2.24) is 20.2 Å². The molecule has 18 heavy (non-hydrogen) atoms. The van der Waals surface area contributed by atoms with Crippen LogP contribution >= 0.6 is 0 Å². The smallest absolute Gasteiger partial charge is 0.335 e. The van der Waals surface area contributed by atoms with Crippen LogP contribution in [0.25, 0.3) is 0 Å². The van der Waals surface area contributed by atoms with Crippen molar-refractivity contribution in [1.29, 1.82) is 0 Å². The van der Waals surface area contributed by atoms with E-state index in [0.29, 0.717) is 23.7 Å². The highest BCUT2D eigenvalue weighted by Crippen LogP contribution is 2.20. The molecule has 2 aromatic rings. The summed E-state index contributed by atoms with van der Waals surface area (Å²) in [4.78, 5) is 12.2. The van der Waals surface area contributed by atoms with Gasteiger partial charge in [-0.2, -0.15) is 4.80 Å². The molecule has 0 atom stereocenters. The van der Waals surface area contributed by atoms with Crippen LogP contribution < -0.4 is 11.1 Å². The fourth-order valence-electron chi connectivity index (χ4n) is 1.41. The molecule has 8 heteroatoms. The van der Waals surface area contributed by atoms with Crippen LogP contribution in [0.2, 0.25) is 0 Å². The number of nitrogens with one attached hydrogen (secondary N) is 1. The molecule has 0 aliphatic rings. The minimum absolute atomic E-state index is 0.166. The van der Waals surface area contributed by atoms with E-state index in [0.717, 1.165) is 0 Å². The van der Waals surface area contributed by atoms with Crippen LogP contribution in [0, 0.1) is 0 Å². The molecule has 0 aliphatic carbocycles. The van der Waals surface area contributed by atoms with Crippen molar-refractivity contribution in [3.63, 3.8) is 0 Å². The Balaban J connectivity index is 2.13. The second-order valence-corrected chi connectivity index (χ2v) is 3.66. The van der Waals surface area contributed by atoms with Gasteiger partial charge in [-0.3, -0.25) is 0 Å². The largest absolute Gasteiger partial charge is 0.478 e. The number of nitrogen functional groups attached to an aromatic ring is 1. The van der Waals surface area contributed by atoms with Gasteiger partial charge < -0.3 is 16.2 Å². The highest BCUT2D eigenvalue weighted by atomic mass is 16.4. The van der Waals surface area contributed by atoms with Crippen molar-refractivity contribution in [2.45, 2.75) is 6.54 Å². The van der Waals surface area contributed by atoms with E-state index >= 15 is 0 Å². The molecule has 94 valence electrons. The lowest BCUT2D eigenvalue weighted by molar-refractivity contribution is 0.0697. The maximum atomic E-state index is 10.8. The minimum Gasteiger partial charge on any atom is -0.478 e. The van der Waals surface area contributed by atoms with Crippen molar-refractivity contribution < 1.29 is 9.90 Å². The van der Waals surface area contributed by atoms with Gasteiger partial charge in [0.15, 0.2) is 5.82 Å². The monoisotopic (exact) mass is 248 g/mol. The van der Waals surface area contributed by atoms with E-state index in [1.54, 1.807) is 7.05 Å². The molecule has 0 unspecified atom stereocenters. The maximum absolute atomic E-state index is 10.8. The van der Waals surface area contributed by atoms with E-state index in [9.17, 15) is 4.79 Å². The van der Waals surface area contributed by atoms with E-state index in [4.69, 9.17) is 10.8 Å². The van der Waals surface area contributed by atoms with Crippen molar-refractivity contribution in [3.05, 3.63) is 29.6 Å². The Morgan fingerprint density at radius 2 is 2.33 bits per heavy atom. The van der Waals surface area contributed by atoms with Gasteiger partial charge in [-0.05, 0) is 23.4 Å². The molecule has 0 saturated heterocycles. The first-order valence-electron chi connectivity index (χ1n) is 5.16. The Morgan fingerprint density at radius 3 is 2.94 bits per heavy atom. The Labute approximate surface area is 102 Å². The van der Waals surface area contributed by atoms with Gasteiger partial charge in [0.2, 0.25) is 0 Å². The number of tetrazole rings is 1. The van der Waals surface area contributed by atoms with E-state index in [1.165, 1.54) is 23.0 Å². The first kappa shape index (κ1) is 11.8. The standard InChI is InChI=1S/C10H12N6O2/c1-16-14-9(13-15-16)5-12-8-4-6(10(17)18)2-3-7(8)11/h2-4,12H,5,11H2,1H3,(H,17,18). The maximum Gasteiger partial charge on any atom is 0.335 e. The van der Waals surface area contributed by atoms with Crippen LogP contribution in [0.4, 0.5) is 11.4 Å². The molecule has 0 aliphatic heterocycles. The number of carbonyl (C=O) groups is 1. The molecule has 1 aromatic carbocycles. The van der Waals surface area contributed by atoms with Crippen LogP contribution in [-0.2, 0) is 13.6 Å². The van der Waals surface area contributed by atoms with Gasteiger partial charge in [-0.25, -0.2) is 4.79 Å². The zero-order chi connectivity index (χ0) is 13.1. The third-order valence-electron chi connectivity index (χ3n) is 2.29. The summed E-state index contributed by atoms with van der Waals surface area (Å²) in [5.74, 6) is -0.506. The van der Waals surface area contributed by atoms with E-state index in [-0.39, 0.29) is 5.56 Å². The second kappa shape index (κ2) is 4.70. The number of carboxylic acid groups (broad SMARTS) is 1. The number of aromatic carboxylic acids is 1. The predicted octanol–water partition coefficient (Wildman–Crippen LogP) is 0.103. The molecule has 1 aromatic heterocycles. The number of carboxylic acids is 1. The summed E-state index contributed by atoms with van der Waals surface area (Å²) in [5.41, 5.74) is 6.90. The van der Waals surface area contributed by atoms with Crippen molar-refractivity contribution >= 4 is 17.3 Å². The minimum atomic E-state index is -1.00. The lowest BCUT2D eigenvalue weighted by Crippen LogP contribution is -2.06. The number of aromatic nitrogens is 4. The lowest BCUT2D eigenvalue weighted by atomic mass is 10.1. The third kappa shape index (κ3) is 2.54. The van der Waals surface area contributed by atoms with Crippen LogP contribution in [0.15, 0.2) is 18.2 Å². The fourth-order valence-corrected chi connectivity index (χ4v) is 1.41. The molecule has 1 heterocycles. The van der Waals surface area contributed by atoms with Gasteiger partial charge in [0, 0.05) is 0 Å². The highest BCUT2D eigenvalue weighted by Gasteiger charge is 2.07. The fraction of sp³-hybridized carbons (Fsp3) is 0.200. The van der Waals surface area contributed by atoms with E-state index in [2.05, 4.69) is 20.7 Å². The molecule has 0 amide bonds. The molecule has 0 spiro atoms. The first-order valence-corrected chi connectivity index (χ1v) is 5.16. The summed E-state index contributed by atoms with van der Waals surface area (Å²) in [5, 5.41) is 23.3. The Morgan fingerprint density at radius 1 is 1.56 bits per heavy atom. The van der Waals surface area contributed by atoms with Gasteiger partial charge >= 0.3 is 5.97 Å². The number of nitrogens with zero attached hydrogens (tertiary/aromatic N) is 4. The topological polar surface area (TPSA) is 119 Å². The van der Waals surface area contributed by atoms with Gasteiger partial charge in [0.25, 0.3) is 0 Å². The number of hydrogen-bond acceptors (Lipinski definition) is 6. The molecule has 0 radical (unpaired) electrons. The van der Waals surface area contributed by atoms with Gasteiger partial charge in [-0.15, -0.1) is 10.2 Å². The average molecular weight is 248 g/mol. The summed E-state index contributed by atoms with van der Waals surface area (Å²) in [6.45, 7) is 0.321. The van der Waals surface area contributed by atoms with Gasteiger partial charge in [-0.1, -0.05) is 0 Å². The van der Waals surface area contributed by atoms with E-state index in [1.807, 2.05) is 0 Å². The average Bonchev–Trinajstić information content (AvgIpc) is 2.74. The molecule has 0 fully saturated rings. The lowest BCUT2D eigenvalue weighted by Gasteiger charge is -2.08. The summed E-state index contributed by atoms with van der Waals surface area (Å²) >= 11 is 0. The zero-order valence-corrected chi connectivity index (χ0v) is 9.66. The van der Waals surface area contributed by atoms with Crippen LogP contribution in [-0.4, -0.2) is 31.3 Å². The van der Waals surface area contributed by atoms with Gasteiger partial charge in [0.1, 0.15) is 0 Å². The van der Waals surface area contributed by atoms with Crippen LogP contribution in [0.3, 0.4) is 0 Å². The zero-order valence-electron chi connectivity index (χ0n) is 9.66. The number of anilines is 2. The third-order valence-corrected chi connectivity index (χ3v) is 2.29. The number of rotatable bonds is 4. The van der Waals surface area contributed by atoms with Crippen LogP contribution in [0.5, 0.6) is 0 Å². The normalized spacial score (nSPS) is 10.3. The molecule has 4 N–H and O–H groups in total. The number of benzene rings is 1. The number of hydrogen-bond donors (Lipinski definition) is 3. The molecule has 0 saturated carbocycles. The molecule has 2 rings (SSSR count). The first-order chi connectivity index (χ1) is 8.56. The summed E-state index contributed by atoms with van der Waals surface area (Å²) in [6, 6.07) is 4.45. The summed E-state index contributed by atoms with van der Waals surface area (Å²) in [7, 11) is 1.66. The molecular formula is C10H12N6O2. The second-order valence-electron chi connectivity index (χ2n) is 3.66. The van der Waals surface area contributed by atoms with Crippen molar-refractivity contribution in [2.75, 3.05) is 11.1 Å². The Kier molecular flexibility index (Phi) is 3.09. The summed E-state index contributed by atoms with van der Waals surface area (Å²) in [6.07, 6.45) is 0. The highest BCUT2D eigenvalue weighted by molar-refractivity contribution is 5.90. The predicted molar refractivity (Wildman–Crippen MR) is 63.9 cm³/mol. The Hall–Kier alpha value is -2.64. The van der Waals surface area contributed by atoms with Crippen molar-refractivity contribution in [3.8, 4) is 0 Å². The van der Waals surface area contributed by atoms with Gasteiger partial charge in [0.05, 0.1) is 30.5 Å². The molecular weight excluding hydrogens is 236 g/mol. The summed E-state index contributed by atoms with van der Waals surface area (Å²) < 4.78 is 0. The van der Waals surface area contributed by atoms with Crippen LogP contribution in [0.1, 0.15) is 16.2 Å². The SMILES string of the molecule is Cn1nnc(CNc2cc(C(=O)O)ccc2N)n1. The molecule has 8 nitrogen and oxygen atoms in total. The Bertz CT molecular complexity index is 579. The van der Waals surface area contributed by atoms with E-state index < -0.39 is 5.97 Å². The van der Waals surface area contributed by atoms with Crippen molar-refractivity contribution in [2.24, 2.45) is 7.05 Å².